The molecule has 4 nitrogen and oxygen atoms in total. The Kier molecular flexibility index (Phi) is 7.80. The Hall–Kier alpha value is -0.770. The predicted molar refractivity (Wildman–Crippen MR) is 71.3 cm³/mol. The van der Waals surface area contributed by atoms with Crippen molar-refractivity contribution in [3.63, 3.8) is 0 Å². The third kappa shape index (κ3) is 7.21. The van der Waals surface area contributed by atoms with Gasteiger partial charge in [-0.1, -0.05) is 37.3 Å². The highest BCUT2D eigenvalue weighted by molar-refractivity contribution is 5.79. The first-order valence-electron chi connectivity index (χ1n) is 7.00. The Morgan fingerprint density at radius 1 is 1.18 bits per heavy atom. The fourth-order valence-electron chi connectivity index (χ4n) is 2.51. The van der Waals surface area contributed by atoms with E-state index in [4.69, 9.17) is 10.9 Å². The van der Waals surface area contributed by atoms with Crippen LogP contribution in [0.25, 0.3) is 0 Å². The highest BCUT2D eigenvalue weighted by Gasteiger charge is 2.12. The van der Waals surface area contributed by atoms with Gasteiger partial charge in [-0.2, -0.15) is 0 Å². The van der Waals surface area contributed by atoms with E-state index in [0.29, 0.717) is 12.3 Å². The molecule has 0 amide bonds. The lowest BCUT2D eigenvalue weighted by molar-refractivity contribution is 0.316. The van der Waals surface area contributed by atoms with Gasteiger partial charge >= 0.3 is 0 Å². The summed E-state index contributed by atoms with van der Waals surface area (Å²) in [5.74, 6) is 1.31. The smallest absolute Gasteiger partial charge is 0.139 e. The molecule has 0 aliphatic heterocycles. The van der Waals surface area contributed by atoms with Gasteiger partial charge in [-0.05, 0) is 38.3 Å². The number of nitrogens with one attached hydrogen (secondary N) is 1. The monoisotopic (exact) mass is 241 g/mol. The molecule has 0 aromatic carbocycles. The van der Waals surface area contributed by atoms with Gasteiger partial charge in [0.1, 0.15) is 5.84 Å². The molecular formula is C13H27N3O. The van der Waals surface area contributed by atoms with Gasteiger partial charge in [0.25, 0.3) is 0 Å². The molecule has 4 heteroatoms. The lowest BCUT2D eigenvalue weighted by Crippen LogP contribution is -2.21. The first kappa shape index (κ1) is 14.3. The Labute approximate surface area is 105 Å². The van der Waals surface area contributed by atoms with E-state index in [-0.39, 0.29) is 0 Å². The van der Waals surface area contributed by atoms with Crippen LogP contribution in [0.3, 0.4) is 0 Å². The molecular weight excluding hydrogens is 214 g/mol. The first-order chi connectivity index (χ1) is 8.33. The van der Waals surface area contributed by atoms with E-state index in [2.05, 4.69) is 10.5 Å². The zero-order valence-electron chi connectivity index (χ0n) is 10.8. The van der Waals surface area contributed by atoms with Crippen LogP contribution in [0.4, 0.5) is 0 Å². The van der Waals surface area contributed by atoms with E-state index in [9.17, 15) is 0 Å². The summed E-state index contributed by atoms with van der Waals surface area (Å²) in [5.41, 5.74) is 5.39. The number of hydrogen-bond donors (Lipinski definition) is 3. The molecule has 1 rings (SSSR count). The van der Waals surface area contributed by atoms with Gasteiger partial charge in [-0.15, -0.1) is 0 Å². The van der Waals surface area contributed by atoms with Gasteiger partial charge in [0.15, 0.2) is 0 Å². The summed E-state index contributed by atoms with van der Waals surface area (Å²) in [5, 5.41) is 14.8. The number of oxime groups is 1. The van der Waals surface area contributed by atoms with E-state index in [0.717, 1.165) is 31.8 Å². The molecule has 17 heavy (non-hydrogen) atoms. The molecule has 0 aromatic rings. The fourth-order valence-corrected chi connectivity index (χ4v) is 2.51. The second-order valence-corrected chi connectivity index (χ2v) is 5.09. The second-order valence-electron chi connectivity index (χ2n) is 5.09. The summed E-state index contributed by atoms with van der Waals surface area (Å²) in [4.78, 5) is 0. The number of nitrogens with two attached hydrogens (primary N) is 1. The van der Waals surface area contributed by atoms with Crippen LogP contribution in [0.2, 0.25) is 0 Å². The van der Waals surface area contributed by atoms with E-state index >= 15 is 0 Å². The zero-order chi connectivity index (χ0) is 12.3. The standard InChI is InChI=1S/C13H27N3O/c14-13(16-17)8-4-5-10-15-11-9-12-6-2-1-3-7-12/h12,15,17H,1-11H2,(H2,14,16). The van der Waals surface area contributed by atoms with Crippen LogP contribution >= 0.6 is 0 Å². The molecule has 0 heterocycles. The summed E-state index contributed by atoms with van der Waals surface area (Å²) < 4.78 is 0. The maximum atomic E-state index is 8.37. The third-order valence-electron chi connectivity index (χ3n) is 3.62. The summed E-state index contributed by atoms with van der Waals surface area (Å²) in [6.45, 7) is 2.19. The Balaban J connectivity index is 1.84. The topological polar surface area (TPSA) is 70.6 Å². The Morgan fingerprint density at radius 3 is 2.65 bits per heavy atom. The van der Waals surface area contributed by atoms with Crippen molar-refractivity contribution >= 4 is 5.84 Å². The van der Waals surface area contributed by atoms with Crippen molar-refractivity contribution in [1.29, 1.82) is 0 Å². The minimum absolute atomic E-state index is 0.340. The number of hydrogen-bond acceptors (Lipinski definition) is 3. The van der Waals surface area contributed by atoms with Crippen molar-refractivity contribution in [3.8, 4) is 0 Å². The van der Waals surface area contributed by atoms with E-state index in [1.54, 1.807) is 0 Å². The summed E-state index contributed by atoms with van der Waals surface area (Å²) >= 11 is 0. The molecule has 1 saturated carbocycles. The molecule has 0 spiro atoms. The molecule has 0 aromatic heterocycles. The number of amidine groups is 1. The van der Waals surface area contributed by atoms with Crippen LogP contribution in [-0.4, -0.2) is 24.1 Å². The van der Waals surface area contributed by atoms with E-state index < -0.39 is 0 Å². The molecule has 4 N–H and O–H groups in total. The second kappa shape index (κ2) is 9.28. The van der Waals surface area contributed by atoms with Gasteiger partial charge < -0.3 is 16.3 Å². The normalized spacial score (nSPS) is 18.5. The summed E-state index contributed by atoms with van der Waals surface area (Å²) in [6, 6.07) is 0. The van der Waals surface area contributed by atoms with Crippen molar-refractivity contribution in [2.45, 2.75) is 57.8 Å². The van der Waals surface area contributed by atoms with Crippen LogP contribution in [0, 0.1) is 5.92 Å². The van der Waals surface area contributed by atoms with Gasteiger partial charge in [0, 0.05) is 6.42 Å². The predicted octanol–water partition coefficient (Wildman–Crippen LogP) is 2.46. The SMILES string of the molecule is N/C(CCCCNCCC1CCCCC1)=N\O. The maximum absolute atomic E-state index is 8.37. The van der Waals surface area contributed by atoms with E-state index in [1.807, 2.05) is 0 Å². The van der Waals surface area contributed by atoms with Crippen molar-refractivity contribution in [2.24, 2.45) is 16.8 Å². The van der Waals surface area contributed by atoms with Gasteiger partial charge in [0.2, 0.25) is 0 Å². The van der Waals surface area contributed by atoms with Crippen LogP contribution in [0.5, 0.6) is 0 Å². The number of nitrogens with zero attached hydrogens (tertiary/aromatic N) is 1. The van der Waals surface area contributed by atoms with Crippen LogP contribution in [0.1, 0.15) is 57.8 Å². The summed E-state index contributed by atoms with van der Waals surface area (Å²) in [6.07, 6.45) is 11.3. The average molecular weight is 241 g/mol. The minimum atomic E-state index is 0.340. The number of unbranched alkanes of at least 4 members (excludes halogenated alkanes) is 1. The molecule has 0 radical (unpaired) electrons. The van der Waals surface area contributed by atoms with Crippen molar-refractivity contribution in [3.05, 3.63) is 0 Å². The van der Waals surface area contributed by atoms with Crippen LogP contribution < -0.4 is 11.1 Å². The molecule has 0 unspecified atom stereocenters. The zero-order valence-corrected chi connectivity index (χ0v) is 10.8. The highest BCUT2D eigenvalue weighted by atomic mass is 16.4. The third-order valence-corrected chi connectivity index (χ3v) is 3.62. The molecule has 100 valence electrons. The fraction of sp³-hybridized carbons (Fsp3) is 0.923. The van der Waals surface area contributed by atoms with E-state index in [1.165, 1.54) is 38.5 Å². The number of rotatable bonds is 8. The molecule has 1 fully saturated rings. The van der Waals surface area contributed by atoms with Gasteiger partial charge in [-0.25, -0.2) is 0 Å². The Morgan fingerprint density at radius 2 is 1.94 bits per heavy atom. The van der Waals surface area contributed by atoms with Crippen molar-refractivity contribution in [1.82, 2.24) is 5.32 Å². The lowest BCUT2D eigenvalue weighted by atomic mass is 9.87. The first-order valence-corrected chi connectivity index (χ1v) is 7.00. The molecule has 0 bridgehead atoms. The minimum Gasteiger partial charge on any atom is -0.409 e. The van der Waals surface area contributed by atoms with Crippen molar-refractivity contribution < 1.29 is 5.21 Å². The average Bonchev–Trinajstić information content (AvgIpc) is 2.38. The van der Waals surface area contributed by atoms with Crippen LogP contribution in [-0.2, 0) is 0 Å². The van der Waals surface area contributed by atoms with Gasteiger partial charge in [-0.3, -0.25) is 0 Å². The summed E-state index contributed by atoms with van der Waals surface area (Å²) in [7, 11) is 0. The van der Waals surface area contributed by atoms with Crippen LogP contribution in [0.15, 0.2) is 5.16 Å². The largest absolute Gasteiger partial charge is 0.409 e. The molecule has 0 atom stereocenters. The maximum Gasteiger partial charge on any atom is 0.139 e. The van der Waals surface area contributed by atoms with Crippen molar-refractivity contribution in [2.75, 3.05) is 13.1 Å². The van der Waals surface area contributed by atoms with Gasteiger partial charge in [0.05, 0.1) is 0 Å². The quantitative estimate of drug-likeness (QED) is 0.201. The molecule has 0 saturated heterocycles. The Bertz CT molecular complexity index is 213. The lowest BCUT2D eigenvalue weighted by Gasteiger charge is -2.21. The highest BCUT2D eigenvalue weighted by Crippen LogP contribution is 2.25. The molecule has 1 aliphatic carbocycles. The molecule has 1 aliphatic rings.